The molecule has 0 radical (unpaired) electrons. The predicted octanol–water partition coefficient (Wildman–Crippen LogP) is 36.9. The van der Waals surface area contributed by atoms with Crippen molar-refractivity contribution in [2.75, 3.05) is 64.0 Å². The third-order valence-electron chi connectivity index (χ3n) is 34.4. The van der Waals surface area contributed by atoms with Crippen molar-refractivity contribution in [1.29, 1.82) is 0 Å². The van der Waals surface area contributed by atoms with Crippen LogP contribution in [-0.2, 0) is 5.04 Å². The van der Waals surface area contributed by atoms with E-state index in [-0.39, 0.29) is 21.5 Å². The van der Waals surface area contributed by atoms with E-state index < -0.39 is 67.2 Å². The number of benzene rings is 9. The van der Waals surface area contributed by atoms with Crippen LogP contribution in [0.25, 0.3) is 0 Å². The number of hydrogen-bond acceptors (Lipinski definition) is 5. The fraction of sp³-hybridized carbons (Fsp3) is 0.581. The Hall–Kier alpha value is -6.18. The van der Waals surface area contributed by atoms with Crippen molar-refractivity contribution in [1.82, 2.24) is 9.13 Å². The van der Waals surface area contributed by atoms with Crippen LogP contribution in [0.15, 0.2) is 249 Å². The van der Waals surface area contributed by atoms with Gasteiger partial charge in [-0.3, -0.25) is 0 Å². The van der Waals surface area contributed by atoms with Gasteiger partial charge in [0.25, 0.3) is 0 Å². The van der Waals surface area contributed by atoms with Gasteiger partial charge in [-0.1, -0.05) is 572 Å². The van der Waals surface area contributed by atoms with E-state index in [1.165, 1.54) is 129 Å². The van der Waals surface area contributed by atoms with Gasteiger partial charge in [0.15, 0.2) is 0 Å². The normalized spacial score (nSPS) is 13.8. The van der Waals surface area contributed by atoms with Crippen LogP contribution >= 0.6 is 0 Å². The Balaban J connectivity index is 0.000000824. The molecule has 0 saturated heterocycles. The van der Waals surface area contributed by atoms with E-state index in [0.29, 0.717) is 40.0 Å². The van der Waals surface area contributed by atoms with E-state index in [2.05, 4.69) is 600 Å². The summed E-state index contributed by atoms with van der Waals surface area (Å²) in [6.45, 7) is 100. The average molecular weight is 2040 g/mol. The quantitative estimate of drug-likeness (QED) is 0.0501. The zero-order chi connectivity index (χ0) is 111. The summed E-state index contributed by atoms with van der Waals surface area (Å²) >= 11 is 0. The molecule has 1 saturated carbocycles. The van der Waals surface area contributed by atoms with E-state index in [1.807, 2.05) is 19.9 Å². The Labute approximate surface area is 888 Å². The van der Waals surface area contributed by atoms with Crippen LogP contribution in [0.5, 0.6) is 0 Å². The van der Waals surface area contributed by atoms with E-state index >= 15 is 0 Å². The first kappa shape index (κ1) is 127. The summed E-state index contributed by atoms with van der Waals surface area (Å²) in [4.78, 5) is 7.32. The third-order valence-corrected chi connectivity index (χ3v) is 78.8. The Morgan fingerprint density at radius 3 is 0.716 bits per heavy atom. The summed E-state index contributed by atoms with van der Waals surface area (Å²) in [7, 11) is 6.42. The molecule has 10 rings (SSSR count). The summed E-state index contributed by atoms with van der Waals surface area (Å²) in [5.41, 5.74) is 14.1. The molecular weight excluding hydrogens is 1820 g/mol. The van der Waals surface area contributed by atoms with Crippen LogP contribution in [0.2, 0.25) is 111 Å². The highest BCUT2D eigenvalue weighted by Gasteiger charge is 2.53. The number of hydrogen-bond donors (Lipinski definition) is 0. The van der Waals surface area contributed by atoms with E-state index in [1.54, 1.807) is 0 Å². The van der Waals surface area contributed by atoms with Crippen LogP contribution in [0.3, 0.4) is 0 Å². The lowest BCUT2D eigenvalue weighted by Gasteiger charge is -2.45. The summed E-state index contributed by atoms with van der Waals surface area (Å²) in [5, 5.41) is 6.23. The van der Waals surface area contributed by atoms with Crippen molar-refractivity contribution >= 4 is 92.7 Å². The summed E-state index contributed by atoms with van der Waals surface area (Å²) in [5.74, 6) is 2.27. The maximum Gasteiger partial charge on any atom is 0.118 e. The monoisotopic (exact) mass is 2040 g/mol. The van der Waals surface area contributed by atoms with Gasteiger partial charge in [-0.25, -0.2) is 0 Å². The first-order chi connectivity index (χ1) is 65.9. The van der Waals surface area contributed by atoms with E-state index in [9.17, 15) is 0 Å². The van der Waals surface area contributed by atoms with Gasteiger partial charge in [0.1, 0.15) is 31.7 Å². The molecule has 0 unspecified atom stereocenters. The number of nitrogens with zero attached hydrogens (tertiary/aromatic N) is 5. The van der Waals surface area contributed by atoms with Gasteiger partial charge in [-0.15, -0.1) is 0 Å². The minimum Gasteiger partial charge on any atom is -0.370 e. The van der Waals surface area contributed by atoms with Gasteiger partial charge in [0.2, 0.25) is 0 Å². The molecule has 0 amide bonds. The van der Waals surface area contributed by atoms with Crippen molar-refractivity contribution < 1.29 is 4.11 Å². The standard InChI is InChI=1S/C26H26Si2.C20H33N.C17H29N.C17H22Si.C12H26.C11H17N.C10H22.C6H18Si2.2C5H15NSi/c1-27(23-15-7-3-8-16-23,24-17-9-4-10-18-24)28(2,25-19-11-5-12-20-25)26-21-13-6-14-22-26;1-15(2)17-11-10-12-18(16(3)4)19(17)21(6)20(5)13-8-7-9-14-20;1-12(2)14-10-9-11-15(13(3)4)16(14)18(8)17(5,6)7;1-17(18(2,3)4,15-11-7-5-8-12-15)16-13-9-6-10-14-16;1-7-11(5,8-2)12(6,9-3)10-4;1-11(2,3)12(4)10-8-6-5-7-9-10;1-7-10(6,8-2)9(3,4)5;1-7(2,3)8(4,5)6;2*1-6(2)7(3,4)5/h3-22H,1-2H3;10-12,15-16H,7-9,13-14H2,1-6H3;9-13H,1-8H3;5-14H,1-4H3;7-10H2,1-6H3;5-9H,1-4H3;7-8H2,1-6H3;1-6H3;2*1-5H3/i;;;;;;3D3;;;. The average Bonchev–Trinajstić information content (AvgIpc) is 0.714. The van der Waals surface area contributed by atoms with Crippen LogP contribution in [0.4, 0.5) is 17.1 Å². The molecule has 0 spiro atoms. The van der Waals surface area contributed by atoms with Gasteiger partial charge in [0, 0.05) is 79.2 Å². The molecule has 0 aliphatic heterocycles. The lowest BCUT2D eigenvalue weighted by Crippen LogP contribution is -2.82. The van der Waals surface area contributed by atoms with Crippen molar-refractivity contribution in [2.24, 2.45) is 21.7 Å². The minimum atomic E-state index is -2.10. The van der Waals surface area contributed by atoms with E-state index in [0.717, 1.165) is 12.8 Å². The van der Waals surface area contributed by atoms with Crippen molar-refractivity contribution in [3.8, 4) is 0 Å². The second-order valence-corrected chi connectivity index (χ2v) is 98.3. The lowest BCUT2D eigenvalue weighted by atomic mass is 9.60. The van der Waals surface area contributed by atoms with Gasteiger partial charge >= 0.3 is 0 Å². The molecular formula is C129H223N5Si7. The second kappa shape index (κ2) is 58.0. The predicted molar refractivity (Wildman–Crippen MR) is 668 cm³/mol. The Morgan fingerprint density at radius 2 is 0.525 bits per heavy atom. The van der Waals surface area contributed by atoms with Crippen molar-refractivity contribution in [2.45, 2.75) is 421 Å². The van der Waals surface area contributed by atoms with Crippen LogP contribution in [-0.4, -0.2) is 130 Å². The first-order valence-electron chi connectivity index (χ1n) is 56.1. The van der Waals surface area contributed by atoms with Gasteiger partial charge in [-0.2, -0.15) is 0 Å². The molecule has 9 aromatic rings. The zero-order valence-electron chi connectivity index (χ0n) is 104. The molecule has 1 aliphatic carbocycles. The molecule has 792 valence electrons. The van der Waals surface area contributed by atoms with Crippen LogP contribution < -0.4 is 35.4 Å². The van der Waals surface area contributed by atoms with E-state index in [4.69, 9.17) is 4.11 Å². The van der Waals surface area contributed by atoms with Crippen LogP contribution in [0.1, 0.15) is 326 Å². The molecule has 1 aliphatic rings. The van der Waals surface area contributed by atoms with Gasteiger partial charge < -0.3 is 23.8 Å². The maximum atomic E-state index is 7.53. The number of anilines is 3. The highest BCUT2D eigenvalue weighted by molar-refractivity contribution is 7.59. The lowest BCUT2D eigenvalue weighted by molar-refractivity contribution is 0.0500. The molecule has 0 bridgehead atoms. The zero-order valence-corrected chi connectivity index (χ0v) is 108. The van der Waals surface area contributed by atoms with Gasteiger partial charge in [-0.05, 0) is 180 Å². The summed E-state index contributed by atoms with van der Waals surface area (Å²) in [6, 6.07) is 91.0. The van der Waals surface area contributed by atoms with Crippen LogP contribution in [0, 0.1) is 21.7 Å². The molecule has 12 heteroatoms. The highest BCUT2D eigenvalue weighted by atomic mass is 29.3. The third kappa shape index (κ3) is 38.8. The van der Waals surface area contributed by atoms with Crippen molar-refractivity contribution in [3.05, 3.63) is 282 Å². The molecule has 0 atom stereocenters. The fourth-order valence-corrected chi connectivity index (χ4v) is 35.0. The fourth-order valence-electron chi connectivity index (χ4n) is 17.6. The SMILES string of the molecule is CC(C)c1cccc(C(C)C)c1N(C)C(C)(C)C.CC(C)c1cccc(C(C)C)c1N(C)C1(C)CCCCC1.CC(c1ccccc1)(c1ccccc1)[Si](C)(C)C.CCC(C)(CC)C(C)(CC)CC.CN(C)[Si](C)(C)C.CN(C)[Si](C)(C)C.CN(c1ccccc1)C(C)(C)C.C[Si](C)(C)[Si](C)(C)C.C[Si](c1ccccc1)(c1ccccc1)[Si](C)(c1ccccc1)c1ccccc1.[2H]C([2H])([2H])C(C)(C)C(C)(CC)CC. The first-order valence-corrected chi connectivity index (χ1v) is 79.0. The molecule has 141 heavy (non-hydrogen) atoms. The summed E-state index contributed by atoms with van der Waals surface area (Å²) in [6.07, 6.45) is 13.9. The largest absolute Gasteiger partial charge is 0.370 e. The topological polar surface area (TPSA) is 16.2 Å². The highest BCUT2D eigenvalue weighted by Crippen LogP contribution is 2.50. The molecule has 0 aromatic heterocycles. The Morgan fingerprint density at radius 1 is 0.298 bits per heavy atom. The van der Waals surface area contributed by atoms with Crippen molar-refractivity contribution in [3.63, 3.8) is 0 Å². The minimum absolute atomic E-state index is 0.0990. The number of para-hydroxylation sites is 3. The second-order valence-electron chi connectivity index (χ2n) is 51.5. The maximum absolute atomic E-state index is 7.53. The summed E-state index contributed by atoms with van der Waals surface area (Å²) < 4.78 is 27.2. The molecule has 1 fully saturated rings. The number of rotatable bonds is 26. The Bertz CT molecular complexity index is 4650. The molecule has 0 heterocycles. The molecule has 0 N–H and O–H groups in total. The molecule has 9 aromatic carbocycles. The molecule has 5 nitrogen and oxygen atoms in total. The Kier molecular flexibility index (Phi) is 52.2. The smallest absolute Gasteiger partial charge is 0.118 e. The van der Waals surface area contributed by atoms with Gasteiger partial charge in [0.05, 0.1) is 8.07 Å².